The molecule has 0 atom stereocenters. The molecule has 0 aromatic heterocycles. The fourth-order valence-corrected chi connectivity index (χ4v) is 2.20. The summed E-state index contributed by atoms with van der Waals surface area (Å²) in [6, 6.07) is 13.6. The van der Waals surface area contributed by atoms with Crippen LogP contribution in [0.15, 0.2) is 42.5 Å². The molecule has 20 heavy (non-hydrogen) atoms. The first-order valence-corrected chi connectivity index (χ1v) is 6.56. The van der Waals surface area contributed by atoms with Crippen LogP contribution in [0.3, 0.4) is 0 Å². The van der Waals surface area contributed by atoms with Gasteiger partial charge in [0.2, 0.25) is 0 Å². The third-order valence-electron chi connectivity index (χ3n) is 3.29. The van der Waals surface area contributed by atoms with Crippen molar-refractivity contribution in [3.05, 3.63) is 70.3 Å². The summed E-state index contributed by atoms with van der Waals surface area (Å²) in [6.45, 7) is 5.95. The van der Waals surface area contributed by atoms with Gasteiger partial charge in [-0.1, -0.05) is 53.6 Å². The number of carbonyl (C=O) groups is 1. The van der Waals surface area contributed by atoms with E-state index in [1.807, 2.05) is 63.2 Å². The number of aliphatic carboxylic acids is 1. The lowest BCUT2D eigenvalue weighted by Crippen LogP contribution is -2.01. The van der Waals surface area contributed by atoms with Crippen molar-refractivity contribution >= 4 is 17.6 Å². The molecule has 2 aromatic carbocycles. The fourth-order valence-electron chi connectivity index (χ4n) is 2.20. The number of hydrogen-bond donors (Lipinski definition) is 1. The van der Waals surface area contributed by atoms with E-state index in [1.165, 1.54) is 0 Å². The normalized spacial score (nSPS) is 11.4. The van der Waals surface area contributed by atoms with Gasteiger partial charge in [0.15, 0.2) is 0 Å². The van der Waals surface area contributed by atoms with Crippen molar-refractivity contribution in [3.63, 3.8) is 0 Å². The molecule has 0 saturated carbocycles. The molecule has 0 aliphatic rings. The van der Waals surface area contributed by atoms with Gasteiger partial charge in [0, 0.05) is 0 Å². The van der Waals surface area contributed by atoms with Gasteiger partial charge in [-0.05, 0) is 43.5 Å². The minimum atomic E-state index is -0.905. The molecule has 0 heterocycles. The highest BCUT2D eigenvalue weighted by Gasteiger charge is 2.12. The summed E-state index contributed by atoms with van der Waals surface area (Å²) in [5, 5.41) is 9.47. The molecule has 0 aliphatic carbocycles. The number of rotatable bonds is 3. The molecular weight excluding hydrogens is 248 g/mol. The van der Waals surface area contributed by atoms with Crippen LogP contribution in [-0.4, -0.2) is 11.1 Å². The van der Waals surface area contributed by atoms with Gasteiger partial charge in [-0.3, -0.25) is 0 Å². The van der Waals surface area contributed by atoms with E-state index in [2.05, 4.69) is 0 Å². The Hall–Kier alpha value is -2.35. The Morgan fingerprint density at radius 3 is 2.10 bits per heavy atom. The van der Waals surface area contributed by atoms with Crippen LogP contribution in [0.25, 0.3) is 11.6 Å². The van der Waals surface area contributed by atoms with Gasteiger partial charge in [-0.25, -0.2) is 4.79 Å². The van der Waals surface area contributed by atoms with Crippen molar-refractivity contribution in [1.82, 2.24) is 0 Å². The fraction of sp³-hybridized carbons (Fsp3) is 0.167. The van der Waals surface area contributed by atoms with Crippen LogP contribution in [0, 0.1) is 20.8 Å². The van der Waals surface area contributed by atoms with Gasteiger partial charge in [-0.15, -0.1) is 0 Å². The van der Waals surface area contributed by atoms with Crippen LogP contribution in [0.4, 0.5) is 0 Å². The number of carboxylic acids is 1. The van der Waals surface area contributed by atoms with E-state index >= 15 is 0 Å². The SMILES string of the molecule is Cc1ccc(/C=C(\C(=O)O)c2ccc(C)cc2C)cc1. The average Bonchev–Trinajstić information content (AvgIpc) is 2.39. The second-order valence-electron chi connectivity index (χ2n) is 5.09. The van der Waals surface area contributed by atoms with E-state index in [4.69, 9.17) is 0 Å². The third kappa shape index (κ3) is 3.15. The zero-order valence-corrected chi connectivity index (χ0v) is 12.0. The topological polar surface area (TPSA) is 37.3 Å². The van der Waals surface area contributed by atoms with Gasteiger partial charge in [0.05, 0.1) is 5.57 Å². The lowest BCUT2D eigenvalue weighted by molar-refractivity contribution is -0.130. The minimum absolute atomic E-state index is 0.325. The lowest BCUT2D eigenvalue weighted by Gasteiger charge is -2.08. The molecule has 0 spiro atoms. The standard InChI is InChI=1S/C18H18O2/c1-12-4-7-15(8-5-12)11-17(18(19)20)16-9-6-13(2)10-14(16)3/h4-11H,1-3H3,(H,19,20)/b17-11-. The van der Waals surface area contributed by atoms with E-state index in [1.54, 1.807) is 6.08 Å². The summed E-state index contributed by atoms with van der Waals surface area (Å²) < 4.78 is 0. The summed E-state index contributed by atoms with van der Waals surface area (Å²) in [7, 11) is 0. The first-order valence-electron chi connectivity index (χ1n) is 6.56. The molecule has 0 amide bonds. The predicted molar refractivity (Wildman–Crippen MR) is 82.6 cm³/mol. The molecule has 0 saturated heterocycles. The zero-order chi connectivity index (χ0) is 14.7. The largest absolute Gasteiger partial charge is 0.478 e. The quantitative estimate of drug-likeness (QED) is 0.666. The van der Waals surface area contributed by atoms with E-state index < -0.39 is 5.97 Å². The highest BCUT2D eigenvalue weighted by molar-refractivity contribution is 6.21. The van der Waals surface area contributed by atoms with Crippen molar-refractivity contribution in [2.45, 2.75) is 20.8 Å². The molecule has 2 heteroatoms. The van der Waals surface area contributed by atoms with Crippen molar-refractivity contribution in [1.29, 1.82) is 0 Å². The average molecular weight is 266 g/mol. The summed E-state index contributed by atoms with van der Waals surface area (Å²) in [4.78, 5) is 11.5. The maximum atomic E-state index is 11.5. The zero-order valence-electron chi connectivity index (χ0n) is 12.0. The smallest absolute Gasteiger partial charge is 0.336 e. The van der Waals surface area contributed by atoms with E-state index in [0.29, 0.717) is 5.57 Å². The number of benzene rings is 2. The molecule has 2 aromatic rings. The Balaban J connectivity index is 2.51. The van der Waals surface area contributed by atoms with Gasteiger partial charge in [0.1, 0.15) is 0 Å². The molecule has 0 fully saturated rings. The highest BCUT2D eigenvalue weighted by atomic mass is 16.4. The molecular formula is C18H18O2. The van der Waals surface area contributed by atoms with Crippen LogP contribution in [0.5, 0.6) is 0 Å². The second-order valence-corrected chi connectivity index (χ2v) is 5.09. The van der Waals surface area contributed by atoms with Crippen molar-refractivity contribution in [2.75, 3.05) is 0 Å². The molecule has 0 bridgehead atoms. The molecule has 2 rings (SSSR count). The molecule has 2 nitrogen and oxygen atoms in total. The van der Waals surface area contributed by atoms with Crippen molar-refractivity contribution in [2.24, 2.45) is 0 Å². The Morgan fingerprint density at radius 1 is 0.950 bits per heavy atom. The van der Waals surface area contributed by atoms with Gasteiger partial charge >= 0.3 is 5.97 Å². The Bertz CT molecular complexity index is 664. The lowest BCUT2D eigenvalue weighted by atomic mass is 9.97. The summed E-state index contributed by atoms with van der Waals surface area (Å²) in [5.41, 5.74) is 5.26. The van der Waals surface area contributed by atoms with Crippen LogP contribution in [0.1, 0.15) is 27.8 Å². The van der Waals surface area contributed by atoms with E-state index in [-0.39, 0.29) is 0 Å². The molecule has 102 valence electrons. The molecule has 0 radical (unpaired) electrons. The predicted octanol–water partition coefficient (Wildman–Crippen LogP) is 4.24. The Labute approximate surface area is 119 Å². The molecule has 1 N–H and O–H groups in total. The van der Waals surface area contributed by atoms with E-state index in [0.717, 1.165) is 27.8 Å². The second kappa shape index (κ2) is 5.74. The highest BCUT2D eigenvalue weighted by Crippen LogP contribution is 2.23. The summed E-state index contributed by atoms with van der Waals surface area (Å²) in [6.07, 6.45) is 1.72. The Morgan fingerprint density at radius 2 is 1.55 bits per heavy atom. The first kappa shape index (κ1) is 14.1. The van der Waals surface area contributed by atoms with Crippen LogP contribution in [0.2, 0.25) is 0 Å². The van der Waals surface area contributed by atoms with Gasteiger partial charge in [0.25, 0.3) is 0 Å². The first-order chi connectivity index (χ1) is 9.47. The summed E-state index contributed by atoms with van der Waals surface area (Å²) >= 11 is 0. The molecule has 0 aliphatic heterocycles. The van der Waals surface area contributed by atoms with E-state index in [9.17, 15) is 9.90 Å². The number of aryl methyl sites for hydroxylation is 3. The monoisotopic (exact) mass is 266 g/mol. The maximum absolute atomic E-state index is 11.5. The molecule has 0 unspecified atom stereocenters. The third-order valence-corrected chi connectivity index (χ3v) is 3.29. The minimum Gasteiger partial charge on any atom is -0.478 e. The Kier molecular flexibility index (Phi) is 4.04. The van der Waals surface area contributed by atoms with Crippen LogP contribution in [-0.2, 0) is 4.79 Å². The van der Waals surface area contributed by atoms with Crippen LogP contribution >= 0.6 is 0 Å². The van der Waals surface area contributed by atoms with Gasteiger partial charge < -0.3 is 5.11 Å². The van der Waals surface area contributed by atoms with Crippen molar-refractivity contribution in [3.8, 4) is 0 Å². The van der Waals surface area contributed by atoms with Crippen molar-refractivity contribution < 1.29 is 9.90 Å². The van der Waals surface area contributed by atoms with Gasteiger partial charge in [-0.2, -0.15) is 0 Å². The van der Waals surface area contributed by atoms with Crippen LogP contribution < -0.4 is 0 Å². The number of carboxylic acid groups (broad SMARTS) is 1. The maximum Gasteiger partial charge on any atom is 0.336 e. The summed E-state index contributed by atoms with van der Waals surface area (Å²) in [5.74, 6) is -0.905. The number of hydrogen-bond acceptors (Lipinski definition) is 1.